The zero-order valence-electron chi connectivity index (χ0n) is 6.78. The van der Waals surface area contributed by atoms with Gasteiger partial charge in [-0.05, 0) is 0 Å². The molecule has 66 valence electrons. The lowest BCUT2D eigenvalue weighted by atomic mass is 10.1. The van der Waals surface area contributed by atoms with Crippen LogP contribution in [0.2, 0.25) is 0 Å². The van der Waals surface area contributed by atoms with Gasteiger partial charge in [0.25, 0.3) is 0 Å². The average Bonchev–Trinajstić information content (AvgIpc) is 2.29. The van der Waals surface area contributed by atoms with Crippen LogP contribution in [0.1, 0.15) is 13.3 Å². The van der Waals surface area contributed by atoms with Crippen LogP contribution < -0.4 is 0 Å². The largest absolute Gasteiger partial charge is 0.425 e. The van der Waals surface area contributed by atoms with Crippen molar-refractivity contribution in [2.45, 2.75) is 19.6 Å². The summed E-state index contributed by atoms with van der Waals surface area (Å²) in [6, 6.07) is 0. The fraction of sp³-hybridized carbons (Fsp3) is 0.500. The number of carbonyl (C=O) groups is 2. The van der Waals surface area contributed by atoms with E-state index in [0.717, 1.165) is 0 Å². The standard InChI is InChI=1S/C8H10O4/c1-3-6-4-7(11-5(2)9)12-8(6)10/h3,6-7H,1,4H2,2H3. The van der Waals surface area contributed by atoms with Gasteiger partial charge in [0, 0.05) is 13.3 Å². The zero-order valence-corrected chi connectivity index (χ0v) is 6.78. The normalized spacial score (nSPS) is 27.9. The monoisotopic (exact) mass is 170 g/mol. The molecule has 1 saturated heterocycles. The first-order valence-electron chi connectivity index (χ1n) is 3.63. The molecule has 2 unspecified atom stereocenters. The predicted molar refractivity (Wildman–Crippen MR) is 40.0 cm³/mol. The molecule has 1 heterocycles. The van der Waals surface area contributed by atoms with Crippen LogP contribution in [-0.4, -0.2) is 18.2 Å². The Morgan fingerprint density at radius 2 is 2.50 bits per heavy atom. The molecule has 0 radical (unpaired) electrons. The minimum atomic E-state index is -0.724. The number of esters is 2. The van der Waals surface area contributed by atoms with Gasteiger partial charge in [-0.3, -0.25) is 9.59 Å². The van der Waals surface area contributed by atoms with Crippen LogP contribution in [0.15, 0.2) is 12.7 Å². The molecular formula is C8H10O4. The Morgan fingerprint density at radius 1 is 1.83 bits per heavy atom. The molecule has 0 aliphatic carbocycles. The molecular weight excluding hydrogens is 160 g/mol. The third-order valence-electron chi connectivity index (χ3n) is 1.58. The molecule has 1 fully saturated rings. The van der Waals surface area contributed by atoms with Crippen molar-refractivity contribution in [2.75, 3.05) is 0 Å². The second kappa shape index (κ2) is 3.38. The fourth-order valence-corrected chi connectivity index (χ4v) is 1.02. The summed E-state index contributed by atoms with van der Waals surface area (Å²) in [5.41, 5.74) is 0. The Kier molecular flexibility index (Phi) is 2.47. The number of hydrogen-bond acceptors (Lipinski definition) is 4. The molecule has 0 N–H and O–H groups in total. The minimum Gasteiger partial charge on any atom is -0.425 e. The van der Waals surface area contributed by atoms with Gasteiger partial charge in [-0.1, -0.05) is 6.08 Å². The maximum absolute atomic E-state index is 10.9. The zero-order chi connectivity index (χ0) is 9.14. The molecule has 0 aromatic rings. The molecule has 1 rings (SSSR count). The number of carbonyl (C=O) groups excluding carboxylic acids is 2. The van der Waals surface area contributed by atoms with E-state index in [2.05, 4.69) is 11.3 Å². The first-order chi connectivity index (χ1) is 5.63. The summed E-state index contributed by atoms with van der Waals surface area (Å²) in [5.74, 6) is -1.16. The molecule has 12 heavy (non-hydrogen) atoms. The van der Waals surface area contributed by atoms with Crippen molar-refractivity contribution in [2.24, 2.45) is 5.92 Å². The van der Waals surface area contributed by atoms with Crippen molar-refractivity contribution in [1.82, 2.24) is 0 Å². The molecule has 0 saturated carbocycles. The summed E-state index contributed by atoms with van der Waals surface area (Å²) in [6.07, 6.45) is 1.14. The smallest absolute Gasteiger partial charge is 0.316 e. The molecule has 0 bridgehead atoms. The highest BCUT2D eigenvalue weighted by Gasteiger charge is 2.33. The quantitative estimate of drug-likeness (QED) is 0.450. The first-order valence-corrected chi connectivity index (χ1v) is 3.63. The number of ether oxygens (including phenoxy) is 2. The van der Waals surface area contributed by atoms with Gasteiger partial charge in [0.15, 0.2) is 0 Å². The maximum Gasteiger partial charge on any atom is 0.316 e. The number of rotatable bonds is 2. The summed E-state index contributed by atoms with van der Waals surface area (Å²) in [7, 11) is 0. The highest BCUT2D eigenvalue weighted by atomic mass is 16.7. The van der Waals surface area contributed by atoms with E-state index in [4.69, 9.17) is 4.74 Å². The molecule has 1 aliphatic heterocycles. The van der Waals surface area contributed by atoms with Gasteiger partial charge in [0.1, 0.15) is 0 Å². The Balaban J connectivity index is 2.48. The molecule has 1 aliphatic rings. The van der Waals surface area contributed by atoms with E-state index in [0.29, 0.717) is 6.42 Å². The predicted octanol–water partition coefficient (Wildman–Crippen LogP) is 0.625. The van der Waals surface area contributed by atoms with E-state index in [-0.39, 0.29) is 11.9 Å². The van der Waals surface area contributed by atoms with E-state index in [1.165, 1.54) is 13.0 Å². The van der Waals surface area contributed by atoms with E-state index in [1.807, 2.05) is 0 Å². The Labute approximate surface area is 70.1 Å². The topological polar surface area (TPSA) is 52.6 Å². The van der Waals surface area contributed by atoms with E-state index < -0.39 is 12.3 Å². The van der Waals surface area contributed by atoms with Crippen molar-refractivity contribution in [3.63, 3.8) is 0 Å². The highest BCUT2D eigenvalue weighted by molar-refractivity contribution is 5.76. The summed E-state index contributed by atoms with van der Waals surface area (Å²) in [6.45, 7) is 4.74. The van der Waals surface area contributed by atoms with Crippen LogP contribution in [0.4, 0.5) is 0 Å². The second-order valence-electron chi connectivity index (χ2n) is 2.55. The number of hydrogen-bond donors (Lipinski definition) is 0. The lowest BCUT2D eigenvalue weighted by Gasteiger charge is -2.07. The lowest BCUT2D eigenvalue weighted by Crippen LogP contribution is -2.14. The Morgan fingerprint density at radius 3 is 2.92 bits per heavy atom. The summed E-state index contributed by atoms with van der Waals surface area (Å²) in [4.78, 5) is 21.4. The molecule has 2 atom stereocenters. The van der Waals surface area contributed by atoms with Crippen molar-refractivity contribution in [1.29, 1.82) is 0 Å². The van der Waals surface area contributed by atoms with Crippen molar-refractivity contribution in [3.05, 3.63) is 12.7 Å². The van der Waals surface area contributed by atoms with Gasteiger partial charge in [0.05, 0.1) is 5.92 Å². The highest BCUT2D eigenvalue weighted by Crippen LogP contribution is 2.22. The molecule has 0 spiro atoms. The van der Waals surface area contributed by atoms with Crippen LogP contribution in [0, 0.1) is 5.92 Å². The van der Waals surface area contributed by atoms with Crippen LogP contribution >= 0.6 is 0 Å². The van der Waals surface area contributed by atoms with Crippen molar-refractivity contribution >= 4 is 11.9 Å². The van der Waals surface area contributed by atoms with Gasteiger partial charge in [-0.15, -0.1) is 6.58 Å². The third-order valence-corrected chi connectivity index (χ3v) is 1.58. The molecule has 0 aromatic heterocycles. The minimum absolute atomic E-state index is 0.339. The van der Waals surface area contributed by atoms with Gasteiger partial charge < -0.3 is 9.47 Å². The van der Waals surface area contributed by atoms with Crippen molar-refractivity contribution in [3.8, 4) is 0 Å². The molecule has 0 amide bonds. The van der Waals surface area contributed by atoms with Gasteiger partial charge in [-0.25, -0.2) is 0 Å². The van der Waals surface area contributed by atoms with E-state index in [1.54, 1.807) is 0 Å². The lowest BCUT2D eigenvalue weighted by molar-refractivity contribution is -0.175. The SMILES string of the molecule is C=CC1CC(OC(C)=O)OC1=O. The third kappa shape index (κ3) is 1.84. The fourth-order valence-electron chi connectivity index (χ4n) is 1.02. The van der Waals surface area contributed by atoms with Crippen LogP contribution in [0.3, 0.4) is 0 Å². The van der Waals surface area contributed by atoms with Gasteiger partial charge >= 0.3 is 11.9 Å². The van der Waals surface area contributed by atoms with E-state index >= 15 is 0 Å². The molecule has 0 aromatic carbocycles. The van der Waals surface area contributed by atoms with Gasteiger partial charge in [-0.2, -0.15) is 0 Å². The summed E-state index contributed by atoms with van der Waals surface area (Å²) >= 11 is 0. The average molecular weight is 170 g/mol. The Bertz CT molecular complexity index is 221. The van der Waals surface area contributed by atoms with Crippen molar-refractivity contribution < 1.29 is 19.1 Å². The van der Waals surface area contributed by atoms with Gasteiger partial charge in [0.2, 0.25) is 6.29 Å². The molecule has 4 nitrogen and oxygen atoms in total. The maximum atomic E-state index is 10.9. The Hall–Kier alpha value is -1.32. The first kappa shape index (κ1) is 8.77. The molecule has 4 heteroatoms. The van der Waals surface area contributed by atoms with Crippen LogP contribution in [-0.2, 0) is 19.1 Å². The summed E-state index contributed by atoms with van der Waals surface area (Å²) < 4.78 is 9.41. The second-order valence-corrected chi connectivity index (χ2v) is 2.55. The number of cyclic esters (lactones) is 1. The van der Waals surface area contributed by atoms with E-state index in [9.17, 15) is 9.59 Å². The van der Waals surface area contributed by atoms with Crippen LogP contribution in [0.5, 0.6) is 0 Å². The van der Waals surface area contributed by atoms with Crippen LogP contribution in [0.25, 0.3) is 0 Å². The summed E-state index contributed by atoms with van der Waals surface area (Å²) in [5, 5.41) is 0.